The van der Waals surface area contributed by atoms with Crippen molar-refractivity contribution in [2.45, 2.75) is 57.2 Å². The van der Waals surface area contributed by atoms with Crippen molar-refractivity contribution in [1.82, 2.24) is 4.90 Å². The highest BCUT2D eigenvalue weighted by Gasteiger charge is 2.43. The Morgan fingerprint density at radius 1 is 1.14 bits per heavy atom. The molecular weight excluding hydrogens is 454 g/mol. The first-order valence-corrected chi connectivity index (χ1v) is 12.1. The second-order valence-corrected chi connectivity index (χ2v) is 9.52. The third-order valence-electron chi connectivity index (χ3n) is 6.66. The zero-order chi connectivity index (χ0) is 25.0. The van der Waals surface area contributed by atoms with E-state index in [1.807, 2.05) is 56.3 Å². The van der Waals surface area contributed by atoms with E-state index in [0.29, 0.717) is 36.8 Å². The van der Waals surface area contributed by atoms with Crippen molar-refractivity contribution in [2.75, 3.05) is 33.4 Å². The van der Waals surface area contributed by atoms with Gasteiger partial charge < -0.3 is 23.8 Å². The van der Waals surface area contributed by atoms with Crippen LogP contribution in [0.25, 0.3) is 0 Å². The van der Waals surface area contributed by atoms with E-state index in [2.05, 4.69) is 4.90 Å². The van der Waals surface area contributed by atoms with E-state index in [-0.39, 0.29) is 18.6 Å². The third kappa shape index (κ3) is 5.86. The molecule has 0 bridgehead atoms. The molecule has 35 heavy (non-hydrogen) atoms. The fourth-order valence-electron chi connectivity index (χ4n) is 4.99. The molecule has 0 amide bonds. The number of likely N-dealkylation sites (tertiary alicyclic amines) is 1. The van der Waals surface area contributed by atoms with Gasteiger partial charge in [-0.05, 0) is 50.1 Å². The summed E-state index contributed by atoms with van der Waals surface area (Å²) in [4.78, 5) is 2.05. The smallest absolute Gasteiger partial charge is 0.261 e. The lowest BCUT2D eigenvalue weighted by Gasteiger charge is -2.47. The minimum Gasteiger partial charge on any atom is -0.493 e. The number of halogens is 2. The van der Waals surface area contributed by atoms with Crippen molar-refractivity contribution >= 4 is 5.84 Å². The number of hydrogen-bond acceptors (Lipinski definition) is 5. The Balaban J connectivity index is 1.44. The Kier molecular flexibility index (Phi) is 7.79. The van der Waals surface area contributed by atoms with Crippen molar-refractivity contribution in [3.8, 4) is 17.2 Å². The van der Waals surface area contributed by atoms with Crippen molar-refractivity contribution in [3.63, 3.8) is 0 Å². The zero-order valence-electron chi connectivity index (χ0n) is 20.6. The van der Waals surface area contributed by atoms with Crippen LogP contribution in [-0.4, -0.2) is 62.3 Å². The highest BCUT2D eigenvalue weighted by Crippen LogP contribution is 2.45. The molecule has 2 heterocycles. The largest absolute Gasteiger partial charge is 0.493 e. The molecule has 1 N–H and O–H groups in total. The summed E-state index contributed by atoms with van der Waals surface area (Å²) < 4.78 is 48.4. The first-order valence-electron chi connectivity index (χ1n) is 12.1. The molecule has 4 rings (SSSR count). The number of amidine groups is 1. The summed E-state index contributed by atoms with van der Waals surface area (Å²) in [6, 6.07) is 13.4. The van der Waals surface area contributed by atoms with Gasteiger partial charge in [0.25, 0.3) is 6.43 Å². The summed E-state index contributed by atoms with van der Waals surface area (Å²) in [5.41, 5.74) is 1.39. The molecule has 2 aliphatic heterocycles. The van der Waals surface area contributed by atoms with E-state index < -0.39 is 18.6 Å². The SMILES string of the molecule is COc1cc(C(=N)N2CCC3(CC2)CC(COCC(F)F)c2ccccc2O3)ccc1OC(C)C. The van der Waals surface area contributed by atoms with Crippen LogP contribution in [0.15, 0.2) is 42.5 Å². The van der Waals surface area contributed by atoms with Gasteiger partial charge in [0, 0.05) is 37.4 Å². The molecule has 1 fully saturated rings. The number of alkyl halides is 2. The summed E-state index contributed by atoms with van der Waals surface area (Å²) in [5.74, 6) is 2.50. The lowest BCUT2D eigenvalue weighted by atomic mass is 9.77. The molecule has 0 radical (unpaired) electrons. The van der Waals surface area contributed by atoms with E-state index in [1.165, 1.54) is 0 Å². The van der Waals surface area contributed by atoms with Gasteiger partial charge in [-0.25, -0.2) is 8.78 Å². The lowest BCUT2D eigenvalue weighted by Crippen LogP contribution is -2.52. The van der Waals surface area contributed by atoms with Crippen LogP contribution in [0.1, 0.15) is 50.2 Å². The quantitative estimate of drug-likeness (QED) is 0.393. The topological polar surface area (TPSA) is 64.0 Å². The molecule has 2 aliphatic rings. The molecule has 190 valence electrons. The van der Waals surface area contributed by atoms with Crippen molar-refractivity contribution in [1.29, 1.82) is 5.41 Å². The van der Waals surface area contributed by atoms with E-state index in [9.17, 15) is 8.78 Å². The van der Waals surface area contributed by atoms with Gasteiger partial charge in [-0.2, -0.15) is 0 Å². The number of piperidine rings is 1. The summed E-state index contributed by atoms with van der Waals surface area (Å²) in [7, 11) is 1.60. The van der Waals surface area contributed by atoms with Crippen LogP contribution in [0.2, 0.25) is 0 Å². The number of para-hydroxylation sites is 1. The number of nitrogens with zero attached hydrogens (tertiary/aromatic N) is 1. The maximum absolute atomic E-state index is 12.6. The first kappa shape index (κ1) is 25.2. The highest BCUT2D eigenvalue weighted by molar-refractivity contribution is 5.97. The number of fused-ring (bicyclic) bond motifs is 1. The van der Waals surface area contributed by atoms with E-state index >= 15 is 0 Å². The van der Waals surface area contributed by atoms with Gasteiger partial charge in [0.05, 0.1) is 19.8 Å². The molecule has 1 unspecified atom stereocenters. The Bertz CT molecular complexity index is 1020. The fourth-order valence-corrected chi connectivity index (χ4v) is 4.99. The van der Waals surface area contributed by atoms with Gasteiger partial charge in [0.15, 0.2) is 11.5 Å². The number of benzene rings is 2. The summed E-state index contributed by atoms with van der Waals surface area (Å²) in [6.07, 6.45) is -0.263. The normalized spacial score (nSPS) is 18.9. The monoisotopic (exact) mass is 488 g/mol. The maximum atomic E-state index is 12.6. The number of hydrogen-bond donors (Lipinski definition) is 1. The molecule has 8 heteroatoms. The highest BCUT2D eigenvalue weighted by atomic mass is 19.3. The van der Waals surface area contributed by atoms with Crippen LogP contribution in [-0.2, 0) is 4.74 Å². The second-order valence-electron chi connectivity index (χ2n) is 9.52. The van der Waals surface area contributed by atoms with Crippen molar-refractivity contribution < 1.29 is 27.7 Å². The van der Waals surface area contributed by atoms with Gasteiger partial charge in [0.1, 0.15) is 23.8 Å². The lowest BCUT2D eigenvalue weighted by molar-refractivity contribution is -0.0328. The number of methoxy groups -OCH3 is 1. The predicted octanol–water partition coefficient (Wildman–Crippen LogP) is 5.49. The van der Waals surface area contributed by atoms with E-state index in [0.717, 1.165) is 29.7 Å². The molecule has 2 aromatic rings. The van der Waals surface area contributed by atoms with Gasteiger partial charge in [0.2, 0.25) is 0 Å². The summed E-state index contributed by atoms with van der Waals surface area (Å²) in [5, 5.41) is 8.80. The molecule has 6 nitrogen and oxygen atoms in total. The average Bonchev–Trinajstić information content (AvgIpc) is 2.84. The van der Waals surface area contributed by atoms with Crippen molar-refractivity contribution in [3.05, 3.63) is 53.6 Å². The first-order chi connectivity index (χ1) is 16.8. The van der Waals surface area contributed by atoms with Crippen LogP contribution < -0.4 is 14.2 Å². The van der Waals surface area contributed by atoms with Crippen LogP contribution in [0.5, 0.6) is 17.2 Å². The van der Waals surface area contributed by atoms with Crippen LogP contribution in [0.3, 0.4) is 0 Å². The molecule has 1 saturated heterocycles. The molecule has 2 aromatic carbocycles. The molecule has 1 spiro atoms. The number of ether oxygens (including phenoxy) is 4. The standard InChI is InChI=1S/C27H34F2N2O4/c1-18(2)34-23-9-8-19(14-24(23)32-3)26(30)31-12-10-27(11-13-31)15-20(16-33-17-25(28)29)21-6-4-5-7-22(21)35-27/h4-9,14,18,20,25,30H,10-13,15-17H2,1-3H3. The Labute approximate surface area is 205 Å². The van der Waals surface area contributed by atoms with Gasteiger partial charge in [-0.1, -0.05) is 18.2 Å². The Hall–Kier alpha value is -2.87. The van der Waals surface area contributed by atoms with Crippen LogP contribution in [0.4, 0.5) is 8.78 Å². The van der Waals surface area contributed by atoms with E-state index in [4.69, 9.17) is 24.4 Å². The van der Waals surface area contributed by atoms with Gasteiger partial charge >= 0.3 is 0 Å². The van der Waals surface area contributed by atoms with Crippen molar-refractivity contribution in [2.24, 2.45) is 0 Å². The maximum Gasteiger partial charge on any atom is 0.261 e. The molecular formula is C27H34F2N2O4. The Morgan fingerprint density at radius 3 is 2.57 bits per heavy atom. The molecule has 0 saturated carbocycles. The number of nitrogens with one attached hydrogen (secondary N) is 1. The second kappa shape index (κ2) is 10.8. The van der Waals surface area contributed by atoms with Crippen LogP contribution >= 0.6 is 0 Å². The zero-order valence-corrected chi connectivity index (χ0v) is 20.6. The predicted molar refractivity (Wildman–Crippen MR) is 130 cm³/mol. The third-order valence-corrected chi connectivity index (χ3v) is 6.66. The Morgan fingerprint density at radius 2 is 1.89 bits per heavy atom. The minimum absolute atomic E-state index is 0.00228. The number of rotatable bonds is 8. The minimum atomic E-state index is -2.47. The van der Waals surface area contributed by atoms with Gasteiger partial charge in [-0.15, -0.1) is 0 Å². The molecule has 1 atom stereocenters. The molecule has 0 aliphatic carbocycles. The van der Waals surface area contributed by atoms with Crippen LogP contribution in [0, 0.1) is 5.41 Å². The fraction of sp³-hybridized carbons (Fsp3) is 0.519. The molecule has 0 aromatic heterocycles. The summed E-state index contributed by atoms with van der Waals surface area (Å²) >= 11 is 0. The van der Waals surface area contributed by atoms with Gasteiger partial charge in [-0.3, -0.25) is 5.41 Å². The summed E-state index contributed by atoms with van der Waals surface area (Å²) in [6.45, 7) is 4.94. The average molecular weight is 489 g/mol. The van der Waals surface area contributed by atoms with E-state index in [1.54, 1.807) is 7.11 Å².